The third-order valence-electron chi connectivity index (χ3n) is 2.19. The van der Waals surface area contributed by atoms with Gasteiger partial charge >= 0.3 is 11.9 Å². The van der Waals surface area contributed by atoms with E-state index in [4.69, 9.17) is 10.2 Å². The number of Topliss-reactive ketones (excluding diaryl/α,β-unsaturated/α-hetero) is 1. The molecule has 0 saturated heterocycles. The molecule has 0 atom stereocenters. The lowest BCUT2D eigenvalue weighted by Crippen LogP contribution is -2.01. The van der Waals surface area contributed by atoms with Gasteiger partial charge in [-0.05, 0) is 19.3 Å². The predicted octanol–water partition coefficient (Wildman–Crippen LogP) is 1.85. The lowest BCUT2D eigenvalue weighted by Gasteiger charge is -1.99. The van der Waals surface area contributed by atoms with Crippen LogP contribution in [0.5, 0.6) is 0 Å². The normalized spacial score (nSPS) is 10.0. The summed E-state index contributed by atoms with van der Waals surface area (Å²) >= 11 is 0. The molecule has 16 heavy (non-hydrogen) atoms. The van der Waals surface area contributed by atoms with E-state index in [1.165, 1.54) is 0 Å². The number of unbranched alkanes of at least 4 members (excludes halogenated alkanes) is 2. The molecule has 0 aliphatic heterocycles. The lowest BCUT2D eigenvalue weighted by atomic mass is 10.1. The molecular weight excluding hydrogens is 212 g/mol. The molecular formula is C11H18O5. The molecule has 92 valence electrons. The van der Waals surface area contributed by atoms with E-state index >= 15 is 0 Å². The summed E-state index contributed by atoms with van der Waals surface area (Å²) in [5.41, 5.74) is 0. The van der Waals surface area contributed by atoms with Crippen LogP contribution in [0.15, 0.2) is 0 Å². The maximum atomic E-state index is 11.2. The molecule has 2 N–H and O–H groups in total. The molecule has 0 aromatic rings. The second-order valence-corrected chi connectivity index (χ2v) is 3.74. The molecule has 0 radical (unpaired) electrons. The zero-order valence-corrected chi connectivity index (χ0v) is 9.28. The Bertz CT molecular complexity index is 247. The molecule has 0 fully saturated rings. The lowest BCUT2D eigenvalue weighted by molar-refractivity contribution is -0.138. The van der Waals surface area contributed by atoms with E-state index in [-0.39, 0.29) is 18.6 Å². The SMILES string of the molecule is O=C(O)CCCCCC(=O)CCCC(=O)O. The topological polar surface area (TPSA) is 91.7 Å². The summed E-state index contributed by atoms with van der Waals surface area (Å²) in [6.45, 7) is 0. The van der Waals surface area contributed by atoms with Gasteiger partial charge in [0.25, 0.3) is 0 Å². The van der Waals surface area contributed by atoms with Crippen molar-refractivity contribution in [2.24, 2.45) is 0 Å². The molecule has 5 heteroatoms. The number of rotatable bonds is 10. The standard InChI is InChI=1S/C11H18O5/c12-9(6-4-8-11(15)16)5-2-1-3-7-10(13)14/h1-8H2,(H,13,14)(H,15,16). The molecule has 0 aliphatic rings. The van der Waals surface area contributed by atoms with Crippen molar-refractivity contribution in [3.05, 3.63) is 0 Å². The molecule has 0 rings (SSSR count). The van der Waals surface area contributed by atoms with E-state index in [9.17, 15) is 14.4 Å². The maximum absolute atomic E-state index is 11.2. The van der Waals surface area contributed by atoms with Gasteiger partial charge in [0, 0.05) is 25.7 Å². The number of hydrogen-bond donors (Lipinski definition) is 2. The van der Waals surface area contributed by atoms with Gasteiger partial charge in [0.15, 0.2) is 0 Å². The summed E-state index contributed by atoms with van der Waals surface area (Å²) in [6.07, 6.45) is 3.33. The highest BCUT2D eigenvalue weighted by Crippen LogP contribution is 2.07. The van der Waals surface area contributed by atoms with E-state index in [0.717, 1.165) is 6.42 Å². The number of carbonyl (C=O) groups excluding carboxylic acids is 1. The average Bonchev–Trinajstić information content (AvgIpc) is 2.16. The van der Waals surface area contributed by atoms with E-state index in [1.54, 1.807) is 0 Å². The molecule has 5 nitrogen and oxygen atoms in total. The third-order valence-corrected chi connectivity index (χ3v) is 2.19. The zero-order valence-electron chi connectivity index (χ0n) is 9.28. The Labute approximate surface area is 94.5 Å². The van der Waals surface area contributed by atoms with Crippen LogP contribution in [0.3, 0.4) is 0 Å². The molecule has 0 bridgehead atoms. The Morgan fingerprint density at radius 1 is 0.625 bits per heavy atom. The number of carbonyl (C=O) groups is 3. The molecule has 0 aromatic carbocycles. The van der Waals surface area contributed by atoms with Gasteiger partial charge in [-0.15, -0.1) is 0 Å². The smallest absolute Gasteiger partial charge is 0.303 e. The van der Waals surface area contributed by atoms with Gasteiger partial charge in [-0.1, -0.05) is 6.42 Å². The maximum Gasteiger partial charge on any atom is 0.303 e. The zero-order chi connectivity index (χ0) is 12.4. The molecule has 0 spiro atoms. The first-order chi connectivity index (χ1) is 7.52. The summed E-state index contributed by atoms with van der Waals surface area (Å²) in [4.78, 5) is 31.6. The first-order valence-electron chi connectivity index (χ1n) is 5.47. The van der Waals surface area contributed by atoms with Crippen molar-refractivity contribution in [2.75, 3.05) is 0 Å². The van der Waals surface area contributed by atoms with Gasteiger partial charge in [-0.2, -0.15) is 0 Å². The van der Waals surface area contributed by atoms with Gasteiger partial charge in [0.2, 0.25) is 0 Å². The van der Waals surface area contributed by atoms with Crippen LogP contribution in [0, 0.1) is 0 Å². The fourth-order valence-corrected chi connectivity index (χ4v) is 1.34. The van der Waals surface area contributed by atoms with Crippen LogP contribution in [0.25, 0.3) is 0 Å². The van der Waals surface area contributed by atoms with Crippen LogP contribution in [0.2, 0.25) is 0 Å². The number of hydrogen-bond acceptors (Lipinski definition) is 3. The van der Waals surface area contributed by atoms with Gasteiger partial charge in [0.1, 0.15) is 5.78 Å². The molecule has 0 aliphatic carbocycles. The van der Waals surface area contributed by atoms with Crippen LogP contribution in [0.4, 0.5) is 0 Å². The van der Waals surface area contributed by atoms with Gasteiger partial charge in [-0.25, -0.2) is 0 Å². The van der Waals surface area contributed by atoms with Crippen LogP contribution in [-0.2, 0) is 14.4 Å². The highest BCUT2D eigenvalue weighted by molar-refractivity contribution is 5.78. The second-order valence-electron chi connectivity index (χ2n) is 3.74. The Hall–Kier alpha value is -1.39. The molecule has 0 saturated carbocycles. The van der Waals surface area contributed by atoms with Crippen molar-refractivity contribution in [3.8, 4) is 0 Å². The highest BCUT2D eigenvalue weighted by Gasteiger charge is 2.04. The largest absolute Gasteiger partial charge is 0.481 e. The van der Waals surface area contributed by atoms with Gasteiger partial charge < -0.3 is 10.2 Å². The summed E-state index contributed by atoms with van der Waals surface area (Å²) in [6, 6.07) is 0. The monoisotopic (exact) mass is 230 g/mol. The van der Waals surface area contributed by atoms with Crippen molar-refractivity contribution in [1.29, 1.82) is 0 Å². The minimum absolute atomic E-state index is 0.0325. The average molecular weight is 230 g/mol. The minimum atomic E-state index is -0.880. The Morgan fingerprint density at radius 2 is 1.06 bits per heavy atom. The molecule has 0 amide bonds. The number of carboxylic acids is 2. The fourth-order valence-electron chi connectivity index (χ4n) is 1.34. The summed E-state index contributed by atoms with van der Waals surface area (Å²) < 4.78 is 0. The van der Waals surface area contributed by atoms with Crippen molar-refractivity contribution in [2.45, 2.75) is 51.4 Å². The van der Waals surface area contributed by atoms with Crippen LogP contribution in [0.1, 0.15) is 51.4 Å². The third kappa shape index (κ3) is 10.7. The van der Waals surface area contributed by atoms with Gasteiger partial charge in [0.05, 0.1) is 0 Å². The van der Waals surface area contributed by atoms with Crippen molar-refractivity contribution in [3.63, 3.8) is 0 Å². The summed E-state index contributed by atoms with van der Waals surface area (Å²) in [5.74, 6) is -1.63. The fraction of sp³-hybridized carbons (Fsp3) is 0.727. The van der Waals surface area contributed by atoms with E-state index in [0.29, 0.717) is 32.1 Å². The Balaban J connectivity index is 3.30. The van der Waals surface area contributed by atoms with Crippen LogP contribution < -0.4 is 0 Å². The van der Waals surface area contributed by atoms with Crippen molar-refractivity contribution in [1.82, 2.24) is 0 Å². The molecule has 0 unspecified atom stereocenters. The first kappa shape index (κ1) is 14.6. The van der Waals surface area contributed by atoms with E-state index < -0.39 is 11.9 Å². The second kappa shape index (κ2) is 8.88. The van der Waals surface area contributed by atoms with E-state index in [2.05, 4.69) is 0 Å². The summed E-state index contributed by atoms with van der Waals surface area (Å²) in [7, 11) is 0. The first-order valence-corrected chi connectivity index (χ1v) is 5.47. The summed E-state index contributed by atoms with van der Waals surface area (Å²) in [5, 5.41) is 16.7. The molecule has 0 heterocycles. The minimum Gasteiger partial charge on any atom is -0.481 e. The molecule has 0 aromatic heterocycles. The van der Waals surface area contributed by atoms with Gasteiger partial charge in [-0.3, -0.25) is 14.4 Å². The van der Waals surface area contributed by atoms with Crippen molar-refractivity contribution >= 4 is 17.7 Å². The Morgan fingerprint density at radius 3 is 1.62 bits per heavy atom. The quantitative estimate of drug-likeness (QED) is 0.559. The predicted molar refractivity (Wildman–Crippen MR) is 57.2 cm³/mol. The van der Waals surface area contributed by atoms with E-state index in [1.807, 2.05) is 0 Å². The van der Waals surface area contributed by atoms with Crippen molar-refractivity contribution < 1.29 is 24.6 Å². The number of aliphatic carboxylic acids is 2. The highest BCUT2D eigenvalue weighted by atomic mass is 16.4. The Kier molecular flexibility index (Phi) is 8.11. The van der Waals surface area contributed by atoms with Crippen LogP contribution in [-0.4, -0.2) is 27.9 Å². The van der Waals surface area contributed by atoms with Crippen LogP contribution >= 0.6 is 0 Å². The number of ketones is 1. The number of carboxylic acid groups (broad SMARTS) is 2.